The van der Waals surface area contributed by atoms with Crippen LogP contribution in [0.3, 0.4) is 0 Å². The Morgan fingerprint density at radius 1 is 1.64 bits per heavy atom. The van der Waals surface area contributed by atoms with Gasteiger partial charge in [-0.3, -0.25) is 9.89 Å². The SMILES string of the molecule is COC(CNC(=O)c1cn[nH]c1)OC. The molecule has 2 N–H and O–H groups in total. The molecule has 0 aliphatic heterocycles. The number of rotatable bonds is 5. The highest BCUT2D eigenvalue weighted by Gasteiger charge is 2.09. The average molecular weight is 199 g/mol. The number of hydrogen-bond donors (Lipinski definition) is 2. The molecule has 78 valence electrons. The van der Waals surface area contributed by atoms with Crippen molar-refractivity contribution in [2.24, 2.45) is 0 Å². The number of aromatic nitrogens is 2. The molecule has 0 saturated carbocycles. The molecule has 0 atom stereocenters. The maximum absolute atomic E-state index is 11.4. The van der Waals surface area contributed by atoms with Crippen molar-refractivity contribution in [1.29, 1.82) is 0 Å². The van der Waals surface area contributed by atoms with E-state index in [1.807, 2.05) is 0 Å². The van der Waals surface area contributed by atoms with Crippen molar-refractivity contribution in [2.45, 2.75) is 6.29 Å². The summed E-state index contributed by atoms with van der Waals surface area (Å²) in [5.74, 6) is -0.210. The number of H-pyrrole nitrogens is 1. The van der Waals surface area contributed by atoms with Crippen molar-refractivity contribution in [3.63, 3.8) is 0 Å². The number of carbonyl (C=O) groups is 1. The van der Waals surface area contributed by atoms with E-state index in [1.165, 1.54) is 26.6 Å². The van der Waals surface area contributed by atoms with Gasteiger partial charge in [-0.05, 0) is 0 Å². The maximum atomic E-state index is 11.4. The molecule has 0 spiro atoms. The zero-order valence-corrected chi connectivity index (χ0v) is 8.11. The molecule has 1 rings (SSSR count). The number of ether oxygens (including phenoxy) is 2. The Labute approximate surface area is 81.6 Å². The molecule has 0 saturated heterocycles. The molecular weight excluding hydrogens is 186 g/mol. The molecule has 0 radical (unpaired) electrons. The molecule has 0 aliphatic rings. The van der Waals surface area contributed by atoms with Gasteiger partial charge in [-0.2, -0.15) is 5.10 Å². The van der Waals surface area contributed by atoms with Gasteiger partial charge in [0.1, 0.15) is 0 Å². The monoisotopic (exact) mass is 199 g/mol. The molecule has 0 aromatic carbocycles. The van der Waals surface area contributed by atoms with E-state index in [9.17, 15) is 4.79 Å². The van der Waals surface area contributed by atoms with Gasteiger partial charge in [-0.15, -0.1) is 0 Å². The standard InChI is InChI=1S/C8H13N3O3/c1-13-7(14-2)5-9-8(12)6-3-10-11-4-6/h3-4,7H,5H2,1-2H3,(H,9,12)(H,10,11). The number of nitrogens with one attached hydrogen (secondary N) is 2. The topological polar surface area (TPSA) is 76.2 Å². The normalized spacial score (nSPS) is 10.5. The van der Waals surface area contributed by atoms with Crippen LogP contribution in [0, 0.1) is 0 Å². The summed E-state index contributed by atoms with van der Waals surface area (Å²) in [7, 11) is 3.02. The molecule has 1 aromatic heterocycles. The highest BCUT2D eigenvalue weighted by atomic mass is 16.7. The molecule has 0 bridgehead atoms. The van der Waals surface area contributed by atoms with Gasteiger partial charge in [-0.25, -0.2) is 0 Å². The van der Waals surface area contributed by atoms with Crippen molar-refractivity contribution >= 4 is 5.91 Å². The van der Waals surface area contributed by atoms with E-state index in [1.54, 1.807) is 0 Å². The minimum Gasteiger partial charge on any atom is -0.354 e. The largest absolute Gasteiger partial charge is 0.354 e. The van der Waals surface area contributed by atoms with Crippen LogP contribution in [-0.2, 0) is 9.47 Å². The van der Waals surface area contributed by atoms with Crippen LogP contribution in [0.5, 0.6) is 0 Å². The van der Waals surface area contributed by atoms with Gasteiger partial charge in [0.25, 0.3) is 5.91 Å². The van der Waals surface area contributed by atoms with E-state index < -0.39 is 6.29 Å². The Bertz CT molecular complexity index is 269. The molecule has 0 aliphatic carbocycles. The van der Waals surface area contributed by atoms with E-state index in [4.69, 9.17) is 9.47 Å². The predicted octanol–water partition coefficient (Wildman–Crippen LogP) is -0.242. The molecule has 1 heterocycles. The second-order valence-corrected chi connectivity index (χ2v) is 2.60. The fourth-order valence-electron chi connectivity index (χ4n) is 0.916. The molecular formula is C8H13N3O3. The number of hydrogen-bond acceptors (Lipinski definition) is 4. The molecule has 6 nitrogen and oxygen atoms in total. The second kappa shape index (κ2) is 5.36. The maximum Gasteiger partial charge on any atom is 0.254 e. The Morgan fingerprint density at radius 2 is 2.36 bits per heavy atom. The third-order valence-electron chi connectivity index (χ3n) is 1.72. The van der Waals surface area contributed by atoms with Crippen LogP contribution in [0.2, 0.25) is 0 Å². The van der Waals surface area contributed by atoms with E-state index in [0.29, 0.717) is 12.1 Å². The smallest absolute Gasteiger partial charge is 0.254 e. The van der Waals surface area contributed by atoms with Crippen molar-refractivity contribution in [2.75, 3.05) is 20.8 Å². The lowest BCUT2D eigenvalue weighted by molar-refractivity contribution is -0.0974. The number of methoxy groups -OCH3 is 2. The first-order valence-electron chi connectivity index (χ1n) is 4.10. The summed E-state index contributed by atoms with van der Waals surface area (Å²) in [6, 6.07) is 0. The highest BCUT2D eigenvalue weighted by Crippen LogP contribution is 1.94. The predicted molar refractivity (Wildman–Crippen MR) is 48.7 cm³/mol. The van der Waals surface area contributed by atoms with Crippen LogP contribution < -0.4 is 5.32 Å². The Hall–Kier alpha value is -1.40. The molecule has 14 heavy (non-hydrogen) atoms. The van der Waals surface area contributed by atoms with Gasteiger partial charge >= 0.3 is 0 Å². The lowest BCUT2D eigenvalue weighted by Gasteiger charge is -2.13. The number of nitrogens with zero attached hydrogens (tertiary/aromatic N) is 1. The van der Waals surface area contributed by atoms with Crippen LogP contribution in [0.25, 0.3) is 0 Å². The summed E-state index contributed by atoms with van der Waals surface area (Å²) in [6.07, 6.45) is 2.54. The molecule has 6 heteroatoms. The van der Waals surface area contributed by atoms with E-state index in [2.05, 4.69) is 15.5 Å². The lowest BCUT2D eigenvalue weighted by atomic mass is 10.3. The number of aromatic amines is 1. The number of carbonyl (C=O) groups excluding carboxylic acids is 1. The van der Waals surface area contributed by atoms with Crippen molar-refractivity contribution in [1.82, 2.24) is 15.5 Å². The second-order valence-electron chi connectivity index (χ2n) is 2.60. The Morgan fingerprint density at radius 3 is 2.86 bits per heavy atom. The zero-order chi connectivity index (χ0) is 10.4. The lowest BCUT2D eigenvalue weighted by Crippen LogP contribution is -2.33. The third kappa shape index (κ3) is 2.82. The highest BCUT2D eigenvalue weighted by molar-refractivity contribution is 5.93. The summed E-state index contributed by atoms with van der Waals surface area (Å²) < 4.78 is 9.81. The Kier molecular flexibility index (Phi) is 4.09. The number of amides is 1. The summed E-state index contributed by atoms with van der Waals surface area (Å²) in [5.41, 5.74) is 0.482. The summed E-state index contributed by atoms with van der Waals surface area (Å²) >= 11 is 0. The van der Waals surface area contributed by atoms with Gasteiger partial charge in [0.05, 0.1) is 18.3 Å². The van der Waals surface area contributed by atoms with Gasteiger partial charge in [0.15, 0.2) is 6.29 Å². The molecule has 1 amide bonds. The Balaban J connectivity index is 2.35. The van der Waals surface area contributed by atoms with Gasteiger partial charge < -0.3 is 14.8 Å². The first-order chi connectivity index (χ1) is 6.77. The van der Waals surface area contributed by atoms with E-state index >= 15 is 0 Å². The first-order valence-corrected chi connectivity index (χ1v) is 4.10. The third-order valence-corrected chi connectivity index (χ3v) is 1.72. The van der Waals surface area contributed by atoms with Crippen molar-refractivity contribution < 1.29 is 14.3 Å². The average Bonchev–Trinajstić information content (AvgIpc) is 2.72. The van der Waals surface area contributed by atoms with Gasteiger partial charge in [0, 0.05) is 20.4 Å². The van der Waals surface area contributed by atoms with Crippen molar-refractivity contribution in [3.8, 4) is 0 Å². The quantitative estimate of drug-likeness (QED) is 0.641. The van der Waals surface area contributed by atoms with Gasteiger partial charge in [-0.1, -0.05) is 0 Å². The minimum absolute atomic E-state index is 0.210. The summed E-state index contributed by atoms with van der Waals surface area (Å²) in [5, 5.41) is 8.85. The van der Waals surface area contributed by atoms with Crippen LogP contribution >= 0.6 is 0 Å². The summed E-state index contributed by atoms with van der Waals surface area (Å²) in [4.78, 5) is 11.4. The van der Waals surface area contributed by atoms with Crippen LogP contribution in [-0.4, -0.2) is 43.2 Å². The van der Waals surface area contributed by atoms with Crippen LogP contribution in [0.15, 0.2) is 12.4 Å². The van der Waals surface area contributed by atoms with Crippen LogP contribution in [0.4, 0.5) is 0 Å². The zero-order valence-electron chi connectivity index (χ0n) is 8.11. The van der Waals surface area contributed by atoms with Gasteiger partial charge in [0.2, 0.25) is 0 Å². The van der Waals surface area contributed by atoms with Crippen LogP contribution in [0.1, 0.15) is 10.4 Å². The van der Waals surface area contributed by atoms with Crippen molar-refractivity contribution in [3.05, 3.63) is 18.0 Å². The first kappa shape index (κ1) is 10.7. The summed E-state index contributed by atoms with van der Waals surface area (Å²) in [6.45, 7) is 0.303. The van der Waals surface area contributed by atoms with E-state index in [-0.39, 0.29) is 5.91 Å². The molecule has 0 fully saturated rings. The fourth-order valence-corrected chi connectivity index (χ4v) is 0.916. The molecule has 0 unspecified atom stereocenters. The van der Waals surface area contributed by atoms with E-state index in [0.717, 1.165) is 0 Å². The fraction of sp³-hybridized carbons (Fsp3) is 0.500. The molecule has 1 aromatic rings. The minimum atomic E-state index is -0.425.